The van der Waals surface area contributed by atoms with E-state index in [0.29, 0.717) is 31.2 Å². The zero-order chi connectivity index (χ0) is 17.0. The van der Waals surface area contributed by atoms with Gasteiger partial charge in [0.1, 0.15) is 5.82 Å². The molecule has 1 unspecified atom stereocenters. The summed E-state index contributed by atoms with van der Waals surface area (Å²) in [4.78, 5) is 23.7. The first kappa shape index (κ1) is 17.4. The van der Waals surface area contributed by atoms with Crippen LogP contribution in [0.25, 0.3) is 0 Å². The summed E-state index contributed by atoms with van der Waals surface area (Å²) in [5.41, 5.74) is -0.759. The van der Waals surface area contributed by atoms with Crippen molar-refractivity contribution in [2.45, 2.75) is 50.7 Å². The largest absolute Gasteiger partial charge is 0.481 e. The third kappa shape index (κ3) is 4.51. The van der Waals surface area contributed by atoms with Crippen molar-refractivity contribution in [2.75, 3.05) is 0 Å². The Morgan fingerprint density at radius 1 is 1.30 bits per heavy atom. The molecule has 1 aromatic rings. The minimum Gasteiger partial charge on any atom is -0.481 e. The van der Waals surface area contributed by atoms with Gasteiger partial charge in [0.25, 0.3) is 0 Å². The van der Waals surface area contributed by atoms with Crippen molar-refractivity contribution in [3.63, 3.8) is 0 Å². The fourth-order valence-electron chi connectivity index (χ4n) is 3.06. The quantitative estimate of drug-likeness (QED) is 0.775. The Labute approximate surface area is 134 Å². The normalized spacial score (nSPS) is 23.8. The first-order valence-corrected chi connectivity index (χ1v) is 7.78. The van der Waals surface area contributed by atoms with Crippen LogP contribution >= 0.6 is 0 Å². The molecular weight excluding hydrogens is 301 g/mol. The standard InChI is InChI=1S/C17H22FNO4/c1-17(10-15(21)22,12-3-2-4-13(18)9-12)19-16(23)11-5-7-14(20)8-6-11/h2-4,9,11,14,20H,5-8,10H2,1H3,(H,19,23)(H,21,22). The van der Waals surface area contributed by atoms with Crippen molar-refractivity contribution in [2.24, 2.45) is 5.92 Å². The molecule has 1 amide bonds. The van der Waals surface area contributed by atoms with E-state index in [1.165, 1.54) is 18.2 Å². The predicted molar refractivity (Wildman–Crippen MR) is 82.1 cm³/mol. The van der Waals surface area contributed by atoms with Crippen LogP contribution in [0.4, 0.5) is 4.39 Å². The summed E-state index contributed by atoms with van der Waals surface area (Å²) in [6.45, 7) is 1.59. The van der Waals surface area contributed by atoms with Gasteiger partial charge in [-0.25, -0.2) is 4.39 Å². The van der Waals surface area contributed by atoms with Crippen molar-refractivity contribution in [3.05, 3.63) is 35.6 Å². The minimum absolute atomic E-state index is 0.245. The lowest BCUT2D eigenvalue weighted by molar-refractivity contribution is -0.139. The zero-order valence-corrected chi connectivity index (χ0v) is 13.1. The molecule has 1 aliphatic rings. The van der Waals surface area contributed by atoms with Crippen LogP contribution in [0.3, 0.4) is 0 Å². The number of carboxylic acid groups (broad SMARTS) is 1. The molecule has 0 spiro atoms. The summed E-state index contributed by atoms with van der Waals surface area (Å²) in [6.07, 6.45) is 1.56. The van der Waals surface area contributed by atoms with E-state index in [-0.39, 0.29) is 24.3 Å². The molecular formula is C17H22FNO4. The molecule has 6 heteroatoms. The van der Waals surface area contributed by atoms with Gasteiger partial charge in [0, 0.05) is 5.92 Å². The number of halogens is 1. The topological polar surface area (TPSA) is 86.6 Å². The van der Waals surface area contributed by atoms with Crippen molar-refractivity contribution in [1.29, 1.82) is 0 Å². The monoisotopic (exact) mass is 323 g/mol. The second-order valence-electron chi connectivity index (χ2n) is 6.41. The van der Waals surface area contributed by atoms with Crippen LogP contribution in [0.15, 0.2) is 24.3 Å². The molecule has 2 rings (SSSR count). The van der Waals surface area contributed by atoms with E-state index in [9.17, 15) is 19.1 Å². The molecule has 23 heavy (non-hydrogen) atoms. The molecule has 5 nitrogen and oxygen atoms in total. The van der Waals surface area contributed by atoms with Gasteiger partial charge in [-0.05, 0) is 50.3 Å². The number of benzene rings is 1. The molecule has 0 heterocycles. The van der Waals surface area contributed by atoms with Gasteiger partial charge in [0.2, 0.25) is 5.91 Å². The fourth-order valence-corrected chi connectivity index (χ4v) is 3.06. The zero-order valence-electron chi connectivity index (χ0n) is 13.1. The molecule has 0 aliphatic heterocycles. The van der Waals surface area contributed by atoms with E-state index in [1.807, 2.05) is 0 Å². The molecule has 1 saturated carbocycles. The molecule has 0 aromatic heterocycles. The number of carbonyl (C=O) groups is 2. The molecule has 0 radical (unpaired) electrons. The van der Waals surface area contributed by atoms with Crippen LogP contribution < -0.4 is 5.32 Å². The van der Waals surface area contributed by atoms with Gasteiger partial charge in [-0.1, -0.05) is 12.1 Å². The van der Waals surface area contributed by atoms with Crippen LogP contribution in [0.1, 0.15) is 44.6 Å². The van der Waals surface area contributed by atoms with Crippen LogP contribution in [0.2, 0.25) is 0 Å². The van der Waals surface area contributed by atoms with Gasteiger partial charge in [0.15, 0.2) is 0 Å². The minimum atomic E-state index is -1.18. The Kier molecular flexibility index (Phi) is 5.36. The smallest absolute Gasteiger partial charge is 0.306 e. The molecule has 1 fully saturated rings. The summed E-state index contributed by atoms with van der Waals surface area (Å²) in [7, 11) is 0. The second kappa shape index (κ2) is 7.08. The maximum atomic E-state index is 13.5. The average molecular weight is 323 g/mol. The number of carbonyl (C=O) groups excluding carboxylic acids is 1. The highest BCUT2D eigenvalue weighted by Crippen LogP contribution is 2.29. The Morgan fingerprint density at radius 2 is 1.96 bits per heavy atom. The predicted octanol–water partition coefficient (Wildman–Crippen LogP) is 2.18. The highest BCUT2D eigenvalue weighted by molar-refractivity contribution is 5.81. The van der Waals surface area contributed by atoms with Crippen LogP contribution in [-0.2, 0) is 15.1 Å². The van der Waals surface area contributed by atoms with Gasteiger partial charge in [0.05, 0.1) is 18.1 Å². The number of aliphatic hydroxyl groups excluding tert-OH is 1. The molecule has 1 atom stereocenters. The number of aliphatic carboxylic acids is 1. The van der Waals surface area contributed by atoms with Gasteiger partial charge in [-0.2, -0.15) is 0 Å². The molecule has 0 bridgehead atoms. The summed E-state index contributed by atoms with van der Waals surface area (Å²) in [5.74, 6) is -2.05. The first-order chi connectivity index (χ1) is 10.8. The molecule has 1 aliphatic carbocycles. The summed E-state index contributed by atoms with van der Waals surface area (Å²) in [6, 6.07) is 5.62. The molecule has 126 valence electrons. The van der Waals surface area contributed by atoms with Gasteiger partial charge < -0.3 is 15.5 Å². The highest BCUT2D eigenvalue weighted by Gasteiger charge is 2.35. The summed E-state index contributed by atoms with van der Waals surface area (Å²) in [5, 5.41) is 21.5. The van der Waals surface area contributed by atoms with Crippen LogP contribution in [-0.4, -0.2) is 28.2 Å². The summed E-state index contributed by atoms with van der Waals surface area (Å²) >= 11 is 0. The number of rotatable bonds is 5. The lowest BCUT2D eigenvalue weighted by Crippen LogP contribution is -2.48. The third-order valence-electron chi connectivity index (χ3n) is 4.43. The van der Waals surface area contributed by atoms with Crippen molar-refractivity contribution in [1.82, 2.24) is 5.32 Å². The maximum Gasteiger partial charge on any atom is 0.306 e. The lowest BCUT2D eigenvalue weighted by atomic mass is 9.84. The van der Waals surface area contributed by atoms with E-state index in [2.05, 4.69) is 5.32 Å². The molecule has 0 saturated heterocycles. The van der Waals surface area contributed by atoms with Crippen molar-refractivity contribution < 1.29 is 24.2 Å². The number of amides is 1. The number of hydrogen-bond acceptors (Lipinski definition) is 3. The first-order valence-electron chi connectivity index (χ1n) is 7.78. The average Bonchev–Trinajstić information content (AvgIpc) is 2.47. The SMILES string of the molecule is CC(CC(=O)O)(NC(=O)C1CCC(O)CC1)c1cccc(F)c1. The number of aliphatic hydroxyl groups is 1. The van der Waals surface area contributed by atoms with E-state index in [4.69, 9.17) is 5.11 Å². The number of hydrogen-bond donors (Lipinski definition) is 3. The van der Waals surface area contributed by atoms with E-state index >= 15 is 0 Å². The van der Waals surface area contributed by atoms with Crippen molar-refractivity contribution in [3.8, 4) is 0 Å². The van der Waals surface area contributed by atoms with E-state index in [1.54, 1.807) is 13.0 Å². The van der Waals surface area contributed by atoms with Gasteiger partial charge >= 0.3 is 5.97 Å². The third-order valence-corrected chi connectivity index (χ3v) is 4.43. The van der Waals surface area contributed by atoms with Crippen LogP contribution in [0, 0.1) is 11.7 Å². The number of nitrogens with one attached hydrogen (secondary N) is 1. The van der Waals surface area contributed by atoms with Gasteiger partial charge in [-0.15, -0.1) is 0 Å². The Balaban J connectivity index is 2.18. The Bertz CT molecular complexity index is 584. The second-order valence-corrected chi connectivity index (χ2v) is 6.41. The Hall–Kier alpha value is -1.95. The Morgan fingerprint density at radius 3 is 2.52 bits per heavy atom. The maximum absolute atomic E-state index is 13.5. The van der Waals surface area contributed by atoms with Crippen molar-refractivity contribution >= 4 is 11.9 Å². The fraction of sp³-hybridized carbons (Fsp3) is 0.529. The number of carboxylic acids is 1. The summed E-state index contributed by atoms with van der Waals surface area (Å²) < 4.78 is 13.5. The highest BCUT2D eigenvalue weighted by atomic mass is 19.1. The molecule has 1 aromatic carbocycles. The lowest BCUT2D eigenvalue weighted by Gasteiger charge is -2.33. The van der Waals surface area contributed by atoms with Crippen LogP contribution in [0.5, 0.6) is 0 Å². The van der Waals surface area contributed by atoms with E-state index in [0.717, 1.165) is 0 Å². The van der Waals surface area contributed by atoms with Gasteiger partial charge in [-0.3, -0.25) is 9.59 Å². The molecule has 3 N–H and O–H groups in total. The van der Waals surface area contributed by atoms with E-state index < -0.39 is 17.3 Å².